The van der Waals surface area contributed by atoms with E-state index >= 15 is 0 Å². The van der Waals surface area contributed by atoms with Crippen molar-refractivity contribution in [2.75, 3.05) is 12.9 Å². The third kappa shape index (κ3) is 4.64. The van der Waals surface area contributed by atoms with Crippen LogP contribution in [-0.2, 0) is 4.79 Å². The Labute approximate surface area is 173 Å². The first kappa shape index (κ1) is 19.6. The van der Waals surface area contributed by atoms with Crippen molar-refractivity contribution in [2.45, 2.75) is 43.3 Å². The number of nitrogens with zero attached hydrogens (tertiary/aromatic N) is 3. The third-order valence-electron chi connectivity index (χ3n) is 5.01. The molecule has 2 heterocycles. The first-order chi connectivity index (χ1) is 14.2. The van der Waals surface area contributed by atoms with Gasteiger partial charge in [0.15, 0.2) is 10.9 Å². The number of ether oxygens (including phenoxy) is 1. The topological polar surface area (TPSA) is 82.2 Å². The summed E-state index contributed by atoms with van der Waals surface area (Å²) < 4.78 is 12.7. The molecule has 0 radical (unpaired) electrons. The molecule has 1 saturated carbocycles. The Balaban J connectivity index is 1.53. The van der Waals surface area contributed by atoms with Gasteiger partial charge < -0.3 is 14.5 Å². The molecule has 0 saturated heterocycles. The molecule has 152 valence electrons. The highest BCUT2D eigenvalue weighted by atomic mass is 32.2. The lowest BCUT2D eigenvalue weighted by molar-refractivity contribution is -0.119. The Morgan fingerprint density at radius 3 is 2.69 bits per heavy atom. The standard InChI is InChI=1S/C21H24N4O3S/c1-27-17-11-9-16(10-12-17)25-20(18-8-5-13-28-18)23-24-21(25)29-14-19(26)22-15-6-3-2-4-7-15/h5,8-13,15H,2-4,6-7,14H2,1H3,(H,22,26). The average molecular weight is 413 g/mol. The van der Waals surface area contributed by atoms with Gasteiger partial charge in [-0.05, 0) is 49.2 Å². The second-order valence-electron chi connectivity index (χ2n) is 7.01. The fourth-order valence-electron chi connectivity index (χ4n) is 3.54. The van der Waals surface area contributed by atoms with Gasteiger partial charge in [-0.2, -0.15) is 0 Å². The molecule has 1 fully saturated rings. The van der Waals surface area contributed by atoms with Crippen molar-refractivity contribution in [3.63, 3.8) is 0 Å². The molecule has 0 unspecified atom stereocenters. The molecule has 29 heavy (non-hydrogen) atoms. The Morgan fingerprint density at radius 1 is 1.21 bits per heavy atom. The van der Waals surface area contributed by atoms with Crippen LogP contribution in [-0.4, -0.2) is 39.6 Å². The van der Waals surface area contributed by atoms with Crippen molar-refractivity contribution in [3.05, 3.63) is 42.7 Å². The molecule has 0 atom stereocenters. The van der Waals surface area contributed by atoms with Crippen molar-refractivity contribution in [3.8, 4) is 23.0 Å². The van der Waals surface area contributed by atoms with Gasteiger partial charge in [0.1, 0.15) is 5.75 Å². The number of nitrogens with one attached hydrogen (secondary N) is 1. The lowest BCUT2D eigenvalue weighted by Crippen LogP contribution is -2.37. The maximum Gasteiger partial charge on any atom is 0.230 e. The van der Waals surface area contributed by atoms with Crippen molar-refractivity contribution in [1.29, 1.82) is 0 Å². The summed E-state index contributed by atoms with van der Waals surface area (Å²) >= 11 is 1.37. The van der Waals surface area contributed by atoms with Crippen LogP contribution in [0.3, 0.4) is 0 Å². The number of carbonyl (C=O) groups excluding carboxylic acids is 1. The molecule has 1 aromatic carbocycles. The molecule has 1 aliphatic rings. The molecule has 0 aliphatic heterocycles. The van der Waals surface area contributed by atoms with E-state index in [1.165, 1.54) is 31.0 Å². The molecule has 4 rings (SSSR count). The second-order valence-corrected chi connectivity index (χ2v) is 7.95. The minimum absolute atomic E-state index is 0.0331. The number of furan rings is 1. The van der Waals surface area contributed by atoms with Crippen LogP contribution in [0.15, 0.2) is 52.2 Å². The molecule has 1 aliphatic carbocycles. The number of carbonyl (C=O) groups is 1. The Hall–Kier alpha value is -2.74. The number of thioether (sulfide) groups is 1. The molecule has 0 bridgehead atoms. The second kappa shape index (κ2) is 9.17. The Morgan fingerprint density at radius 2 is 2.00 bits per heavy atom. The van der Waals surface area contributed by atoms with Gasteiger partial charge in [-0.25, -0.2) is 0 Å². The van der Waals surface area contributed by atoms with E-state index in [-0.39, 0.29) is 5.91 Å². The predicted octanol–water partition coefficient (Wildman–Crippen LogP) is 4.08. The van der Waals surface area contributed by atoms with Crippen molar-refractivity contribution in [2.24, 2.45) is 0 Å². The van der Waals surface area contributed by atoms with Crippen LogP contribution in [0, 0.1) is 0 Å². The summed E-state index contributed by atoms with van der Waals surface area (Å²) in [5.74, 6) is 2.30. The van der Waals surface area contributed by atoms with E-state index in [0.717, 1.165) is 24.3 Å². The highest BCUT2D eigenvalue weighted by Gasteiger charge is 2.20. The smallest absolute Gasteiger partial charge is 0.230 e. The zero-order chi connectivity index (χ0) is 20.1. The lowest BCUT2D eigenvalue weighted by atomic mass is 9.95. The van der Waals surface area contributed by atoms with Gasteiger partial charge in [0.25, 0.3) is 0 Å². The molecule has 1 amide bonds. The van der Waals surface area contributed by atoms with Crippen LogP contribution in [0.4, 0.5) is 0 Å². The molecule has 8 heteroatoms. The van der Waals surface area contributed by atoms with Gasteiger partial charge in [0.05, 0.1) is 24.8 Å². The lowest BCUT2D eigenvalue weighted by Gasteiger charge is -2.22. The molecule has 7 nitrogen and oxygen atoms in total. The maximum absolute atomic E-state index is 12.4. The first-order valence-electron chi connectivity index (χ1n) is 9.80. The summed E-state index contributed by atoms with van der Waals surface area (Å²) in [6.07, 6.45) is 7.39. The fourth-order valence-corrected chi connectivity index (χ4v) is 4.30. The zero-order valence-electron chi connectivity index (χ0n) is 16.3. The normalized spacial score (nSPS) is 14.7. The summed E-state index contributed by atoms with van der Waals surface area (Å²) in [5.41, 5.74) is 0.873. The van der Waals surface area contributed by atoms with Crippen LogP contribution >= 0.6 is 11.8 Å². The van der Waals surface area contributed by atoms with Crippen molar-refractivity contribution < 1.29 is 13.9 Å². The number of aromatic nitrogens is 3. The molecule has 3 aromatic rings. The Bertz CT molecular complexity index is 932. The van der Waals surface area contributed by atoms with E-state index in [1.807, 2.05) is 41.0 Å². The van der Waals surface area contributed by atoms with Gasteiger partial charge in [-0.3, -0.25) is 9.36 Å². The average Bonchev–Trinajstić information content (AvgIpc) is 3.43. The van der Waals surface area contributed by atoms with Gasteiger partial charge in [-0.1, -0.05) is 31.0 Å². The molecular formula is C21H24N4O3S. The van der Waals surface area contributed by atoms with Crippen molar-refractivity contribution >= 4 is 17.7 Å². The molecule has 2 aromatic heterocycles. The first-order valence-corrected chi connectivity index (χ1v) is 10.8. The third-order valence-corrected chi connectivity index (χ3v) is 5.94. The van der Waals surface area contributed by atoms with E-state index in [4.69, 9.17) is 9.15 Å². The van der Waals surface area contributed by atoms with Gasteiger partial charge in [0.2, 0.25) is 11.7 Å². The highest BCUT2D eigenvalue weighted by Crippen LogP contribution is 2.29. The highest BCUT2D eigenvalue weighted by molar-refractivity contribution is 7.99. The number of amides is 1. The Kier molecular flexibility index (Phi) is 6.19. The largest absolute Gasteiger partial charge is 0.497 e. The number of methoxy groups -OCH3 is 1. The summed E-state index contributed by atoms with van der Waals surface area (Å²) in [4.78, 5) is 12.4. The van der Waals surface area contributed by atoms with Gasteiger partial charge in [-0.15, -0.1) is 10.2 Å². The monoisotopic (exact) mass is 412 g/mol. The minimum atomic E-state index is 0.0331. The van der Waals surface area contributed by atoms with Gasteiger partial charge in [0, 0.05) is 6.04 Å². The zero-order valence-corrected chi connectivity index (χ0v) is 17.2. The van der Waals surface area contributed by atoms with E-state index in [0.29, 0.717) is 28.5 Å². The SMILES string of the molecule is COc1ccc(-n2c(SCC(=O)NC3CCCCC3)nnc2-c2ccco2)cc1. The summed E-state index contributed by atoms with van der Waals surface area (Å²) in [7, 11) is 1.63. The molecule has 0 spiro atoms. The van der Waals surface area contributed by atoms with Gasteiger partial charge >= 0.3 is 0 Å². The number of rotatable bonds is 7. The minimum Gasteiger partial charge on any atom is -0.497 e. The van der Waals surface area contributed by atoms with E-state index in [2.05, 4.69) is 15.5 Å². The van der Waals surface area contributed by atoms with E-state index in [9.17, 15) is 4.79 Å². The molecule has 1 N–H and O–H groups in total. The summed E-state index contributed by atoms with van der Waals surface area (Å²) in [5, 5.41) is 12.4. The summed E-state index contributed by atoms with van der Waals surface area (Å²) in [6.45, 7) is 0. The van der Waals surface area contributed by atoms with E-state index < -0.39 is 0 Å². The maximum atomic E-state index is 12.4. The van der Waals surface area contributed by atoms with Crippen LogP contribution < -0.4 is 10.1 Å². The number of benzene rings is 1. The van der Waals surface area contributed by atoms with Crippen molar-refractivity contribution in [1.82, 2.24) is 20.1 Å². The number of hydrogen-bond donors (Lipinski definition) is 1. The predicted molar refractivity (Wildman–Crippen MR) is 111 cm³/mol. The van der Waals surface area contributed by atoms with Crippen LogP contribution in [0.2, 0.25) is 0 Å². The van der Waals surface area contributed by atoms with Crippen LogP contribution in [0.25, 0.3) is 17.3 Å². The van der Waals surface area contributed by atoms with Crippen LogP contribution in [0.5, 0.6) is 5.75 Å². The molecular weight excluding hydrogens is 388 g/mol. The van der Waals surface area contributed by atoms with Crippen LogP contribution in [0.1, 0.15) is 32.1 Å². The van der Waals surface area contributed by atoms with E-state index in [1.54, 1.807) is 13.4 Å². The fraction of sp³-hybridized carbons (Fsp3) is 0.381. The summed E-state index contributed by atoms with van der Waals surface area (Å²) in [6, 6.07) is 11.6. The quantitative estimate of drug-likeness (QED) is 0.589. The number of hydrogen-bond acceptors (Lipinski definition) is 6.